The van der Waals surface area contributed by atoms with Gasteiger partial charge in [0.25, 0.3) is 0 Å². The van der Waals surface area contributed by atoms with Gasteiger partial charge in [0.1, 0.15) is 30.0 Å². The Hall–Kier alpha value is -4.69. The number of ether oxygens (including phenoxy) is 9. The summed E-state index contributed by atoms with van der Waals surface area (Å²) in [6.07, 6.45) is -7.69. The van der Waals surface area contributed by atoms with Gasteiger partial charge in [-0.2, -0.15) is 0 Å². The summed E-state index contributed by atoms with van der Waals surface area (Å²) < 4.78 is 50.2. The van der Waals surface area contributed by atoms with E-state index in [1.807, 2.05) is 0 Å². The van der Waals surface area contributed by atoms with Crippen LogP contribution in [0, 0.1) is 0 Å². The maximum Gasteiger partial charge on any atom is 0.303 e. The number of esters is 4. The molecule has 3 aliphatic heterocycles. The molecule has 14 heteroatoms. The summed E-state index contributed by atoms with van der Waals surface area (Å²) in [6, 6.07) is 11.3. The second-order valence-corrected chi connectivity index (χ2v) is 10.2. The van der Waals surface area contributed by atoms with Crippen LogP contribution >= 0.6 is 0 Å². The first-order valence-electron chi connectivity index (χ1n) is 13.6. The van der Waals surface area contributed by atoms with E-state index in [1.54, 1.807) is 24.3 Å². The quantitative estimate of drug-likeness (QED) is 0.228. The number of Topliss-reactive ketones (excluding diaryl/α,β-unsaturated/α-hetero) is 1. The minimum atomic E-state index is -1.46. The van der Waals surface area contributed by atoms with E-state index in [-0.39, 0.29) is 22.8 Å². The SMILES string of the molecule is COc1ccc([C@]23O[C@H]2Oc2cc(O[C@@H]4O[C@H](COC(C)=O)[C@@H](OC(C)=O)[C@H](OC(C)=O)[C@H]4OC(C)=O)ccc2C3=O)cc1. The summed E-state index contributed by atoms with van der Waals surface area (Å²) in [5.74, 6) is -2.35. The summed E-state index contributed by atoms with van der Waals surface area (Å²) in [6.45, 7) is 4.12. The highest BCUT2D eigenvalue weighted by Crippen LogP contribution is 2.54. The van der Waals surface area contributed by atoms with Crippen LogP contribution in [-0.4, -0.2) is 80.4 Å². The molecule has 0 aromatic heterocycles. The summed E-state index contributed by atoms with van der Waals surface area (Å²) >= 11 is 0. The highest BCUT2D eigenvalue weighted by molar-refractivity contribution is 6.08. The average Bonchev–Trinajstić information content (AvgIpc) is 3.70. The van der Waals surface area contributed by atoms with E-state index >= 15 is 0 Å². The Morgan fingerprint density at radius 1 is 0.795 bits per heavy atom. The molecule has 44 heavy (non-hydrogen) atoms. The van der Waals surface area contributed by atoms with Crippen molar-refractivity contribution >= 4 is 29.7 Å². The largest absolute Gasteiger partial charge is 0.497 e. The van der Waals surface area contributed by atoms with Crippen molar-refractivity contribution in [2.45, 2.75) is 70.3 Å². The molecule has 3 aliphatic rings. The number of hydrogen-bond donors (Lipinski definition) is 0. The number of fused-ring (bicyclic) bond motifs is 2. The van der Waals surface area contributed by atoms with Crippen LogP contribution in [0.15, 0.2) is 42.5 Å². The Morgan fingerprint density at radius 3 is 2.02 bits per heavy atom. The Balaban J connectivity index is 1.43. The molecule has 2 aromatic rings. The van der Waals surface area contributed by atoms with E-state index in [2.05, 4.69) is 0 Å². The number of carbonyl (C=O) groups is 5. The van der Waals surface area contributed by atoms with Gasteiger partial charge >= 0.3 is 23.9 Å². The fourth-order valence-electron chi connectivity index (χ4n) is 5.17. The molecule has 0 saturated carbocycles. The normalized spacial score (nSPS) is 28.2. The molecule has 2 aromatic carbocycles. The molecule has 0 N–H and O–H groups in total. The van der Waals surface area contributed by atoms with Crippen molar-refractivity contribution in [2.24, 2.45) is 0 Å². The summed E-state index contributed by atoms with van der Waals surface area (Å²) in [5.41, 5.74) is -0.443. The van der Waals surface area contributed by atoms with Crippen molar-refractivity contribution < 1.29 is 66.6 Å². The molecule has 5 rings (SSSR count). The Kier molecular flexibility index (Phi) is 8.48. The predicted molar refractivity (Wildman–Crippen MR) is 144 cm³/mol. The fraction of sp³-hybridized carbons (Fsp3) is 0.433. The lowest BCUT2D eigenvalue weighted by atomic mass is 9.88. The van der Waals surface area contributed by atoms with Crippen LogP contribution in [0.25, 0.3) is 0 Å². The zero-order valence-electron chi connectivity index (χ0n) is 24.4. The van der Waals surface area contributed by atoms with Gasteiger partial charge < -0.3 is 42.6 Å². The molecular formula is C30H30O14. The van der Waals surface area contributed by atoms with Gasteiger partial charge in [0, 0.05) is 33.8 Å². The van der Waals surface area contributed by atoms with Crippen molar-refractivity contribution in [1.82, 2.24) is 0 Å². The molecule has 2 saturated heterocycles. The number of benzene rings is 2. The van der Waals surface area contributed by atoms with Crippen LogP contribution in [0.2, 0.25) is 0 Å². The fourth-order valence-corrected chi connectivity index (χ4v) is 5.17. The lowest BCUT2D eigenvalue weighted by Crippen LogP contribution is -2.63. The van der Waals surface area contributed by atoms with Gasteiger partial charge in [-0.3, -0.25) is 24.0 Å². The highest BCUT2D eigenvalue weighted by atomic mass is 16.8. The number of carbonyl (C=O) groups excluding carboxylic acids is 5. The summed E-state index contributed by atoms with van der Waals surface area (Å²) in [7, 11) is 1.54. The first-order chi connectivity index (χ1) is 20.9. The van der Waals surface area contributed by atoms with Crippen LogP contribution in [0.3, 0.4) is 0 Å². The molecule has 0 bridgehead atoms. The van der Waals surface area contributed by atoms with Crippen molar-refractivity contribution in [1.29, 1.82) is 0 Å². The molecule has 0 unspecified atom stereocenters. The van der Waals surface area contributed by atoms with E-state index in [0.717, 1.165) is 20.8 Å². The molecule has 14 nitrogen and oxygen atoms in total. The zero-order valence-corrected chi connectivity index (χ0v) is 24.4. The molecule has 0 spiro atoms. The first-order valence-corrected chi connectivity index (χ1v) is 13.6. The van der Waals surface area contributed by atoms with Gasteiger partial charge in [0.2, 0.25) is 30.1 Å². The van der Waals surface area contributed by atoms with Gasteiger partial charge in [-0.25, -0.2) is 0 Å². The van der Waals surface area contributed by atoms with Gasteiger partial charge in [-0.05, 0) is 29.8 Å². The molecule has 0 radical (unpaired) electrons. The zero-order chi connectivity index (χ0) is 31.8. The van der Waals surface area contributed by atoms with Crippen LogP contribution in [0.5, 0.6) is 17.2 Å². The second-order valence-electron chi connectivity index (χ2n) is 10.2. The van der Waals surface area contributed by atoms with E-state index in [9.17, 15) is 24.0 Å². The topological polar surface area (TPSA) is 172 Å². The third-order valence-corrected chi connectivity index (χ3v) is 7.06. The molecule has 2 fully saturated rings. The van der Waals surface area contributed by atoms with Gasteiger partial charge in [0.05, 0.1) is 12.7 Å². The van der Waals surface area contributed by atoms with E-state index in [1.165, 1.54) is 32.2 Å². The number of rotatable bonds is 9. The number of epoxide rings is 1. The van der Waals surface area contributed by atoms with E-state index < -0.39 is 73.1 Å². The summed E-state index contributed by atoms with van der Waals surface area (Å²) in [4.78, 5) is 61.2. The van der Waals surface area contributed by atoms with Crippen molar-refractivity contribution in [2.75, 3.05) is 13.7 Å². The number of hydrogen-bond acceptors (Lipinski definition) is 14. The minimum absolute atomic E-state index is 0.120. The summed E-state index contributed by atoms with van der Waals surface area (Å²) in [5, 5.41) is 0. The Morgan fingerprint density at radius 2 is 1.41 bits per heavy atom. The monoisotopic (exact) mass is 614 g/mol. The Labute approximate surface area is 251 Å². The lowest BCUT2D eigenvalue weighted by Gasteiger charge is -2.43. The first kappa shape index (κ1) is 30.8. The van der Waals surface area contributed by atoms with Crippen LogP contribution in [-0.2, 0) is 53.2 Å². The lowest BCUT2D eigenvalue weighted by molar-refractivity contribution is -0.288. The molecular weight excluding hydrogens is 584 g/mol. The Bertz CT molecular complexity index is 1470. The average molecular weight is 615 g/mol. The van der Waals surface area contributed by atoms with Crippen molar-refractivity contribution in [3.05, 3.63) is 53.6 Å². The predicted octanol–water partition coefficient (Wildman–Crippen LogP) is 1.98. The minimum Gasteiger partial charge on any atom is -0.497 e. The molecule has 0 aliphatic carbocycles. The maximum absolute atomic E-state index is 13.6. The van der Waals surface area contributed by atoms with Crippen LogP contribution < -0.4 is 14.2 Å². The molecule has 0 amide bonds. The van der Waals surface area contributed by atoms with Crippen molar-refractivity contribution in [3.63, 3.8) is 0 Å². The van der Waals surface area contributed by atoms with Gasteiger partial charge in [-0.15, -0.1) is 0 Å². The highest BCUT2D eigenvalue weighted by Gasteiger charge is 2.69. The maximum atomic E-state index is 13.6. The van der Waals surface area contributed by atoms with Crippen LogP contribution in [0.4, 0.5) is 0 Å². The second kappa shape index (κ2) is 12.1. The van der Waals surface area contributed by atoms with Gasteiger partial charge in [0.15, 0.2) is 12.2 Å². The van der Waals surface area contributed by atoms with Crippen molar-refractivity contribution in [3.8, 4) is 17.2 Å². The van der Waals surface area contributed by atoms with Gasteiger partial charge in [-0.1, -0.05) is 12.1 Å². The molecule has 234 valence electrons. The van der Waals surface area contributed by atoms with Crippen LogP contribution in [0.1, 0.15) is 43.6 Å². The van der Waals surface area contributed by atoms with E-state index in [0.29, 0.717) is 11.3 Å². The third-order valence-electron chi connectivity index (χ3n) is 7.06. The molecule has 3 heterocycles. The molecule has 7 atom stereocenters. The number of methoxy groups -OCH3 is 1. The smallest absolute Gasteiger partial charge is 0.303 e. The number of ketones is 1. The third kappa shape index (κ3) is 6.03. The standard InChI is InChI=1S/C30H30O14/c1-14(31)37-13-23-24(38-15(2)32)25(39-16(3)33)26(40-17(4)34)28(42-23)41-20-10-11-21-22(12-20)43-29-30(44-29,27(21)35)18-6-8-19(36-5)9-7-18/h6-12,23-26,28-29H,13H2,1-5H3/t23-,24-,25+,26-,28-,29-,30-/m1/s1. The van der Waals surface area contributed by atoms with E-state index in [4.69, 9.17) is 42.6 Å².